The van der Waals surface area contributed by atoms with Gasteiger partial charge in [0.2, 0.25) is 0 Å². The number of carbonyl (C=O) groups is 1. The van der Waals surface area contributed by atoms with Crippen molar-refractivity contribution in [1.82, 2.24) is 4.98 Å². The Bertz CT molecular complexity index is 1450. The molecule has 0 bridgehead atoms. The normalized spacial score (nSPS) is 12.9. The molecule has 0 radical (unpaired) electrons. The summed E-state index contributed by atoms with van der Waals surface area (Å²) in [6.45, 7) is 14.2. The van der Waals surface area contributed by atoms with Crippen LogP contribution in [0.5, 0.6) is 5.75 Å². The number of carbonyl (C=O) groups excluding carboxylic acids is 1. The van der Waals surface area contributed by atoms with Crippen molar-refractivity contribution >= 4 is 43.5 Å². The number of nitrogens with zero attached hydrogens (tertiary/aromatic N) is 1. The average molecular weight is 611 g/mol. The van der Waals surface area contributed by atoms with E-state index in [0.29, 0.717) is 6.61 Å². The fraction of sp³-hybridized carbons (Fsp3) is 0.375. The lowest BCUT2D eigenvalue weighted by Crippen LogP contribution is -2.29. The highest BCUT2D eigenvalue weighted by atomic mass is 79.9. The molecule has 0 saturated carbocycles. The zero-order valence-corrected chi connectivity index (χ0v) is 26.0. The maximum atomic E-state index is 12.6. The Balaban J connectivity index is 1.65. The molecule has 0 spiro atoms. The average Bonchev–Trinajstić information content (AvgIpc) is 3.29. The van der Waals surface area contributed by atoms with E-state index in [9.17, 15) is 4.79 Å². The summed E-state index contributed by atoms with van der Waals surface area (Å²) in [6.07, 6.45) is -0.435. The van der Waals surface area contributed by atoms with Gasteiger partial charge >= 0.3 is 5.97 Å². The molecule has 1 aromatic heterocycles. The topological polar surface area (TPSA) is 57.7 Å². The molecule has 5 nitrogen and oxygen atoms in total. The van der Waals surface area contributed by atoms with Crippen LogP contribution in [0.15, 0.2) is 65.1 Å². The Morgan fingerprint density at radius 3 is 2.38 bits per heavy atom. The smallest absolute Gasteiger partial charge is 0.311 e. The molecule has 1 heterocycles. The molecule has 3 aromatic carbocycles. The van der Waals surface area contributed by atoms with Gasteiger partial charge in [0.1, 0.15) is 30.1 Å². The van der Waals surface area contributed by atoms with Crippen LogP contribution in [0.4, 0.5) is 0 Å². The molecule has 1 atom stereocenters. The summed E-state index contributed by atoms with van der Waals surface area (Å²) in [5, 5.41) is 0.903. The molecule has 0 amide bonds. The first-order valence-electron chi connectivity index (χ1n) is 13.0. The van der Waals surface area contributed by atoms with Crippen LogP contribution in [0.1, 0.15) is 64.3 Å². The summed E-state index contributed by atoms with van der Waals surface area (Å²) >= 11 is 5.47. The largest absolute Gasteiger partial charge is 0.489 e. The van der Waals surface area contributed by atoms with Gasteiger partial charge in [0.25, 0.3) is 0 Å². The van der Waals surface area contributed by atoms with E-state index >= 15 is 0 Å². The van der Waals surface area contributed by atoms with E-state index in [4.69, 9.17) is 19.2 Å². The monoisotopic (exact) mass is 609 g/mol. The number of aryl methyl sites for hydroxylation is 1. The van der Waals surface area contributed by atoms with Gasteiger partial charge < -0.3 is 14.2 Å². The minimum atomic E-state index is -0.589. The molecule has 0 aliphatic carbocycles. The van der Waals surface area contributed by atoms with E-state index in [1.807, 2.05) is 90.9 Å². The summed E-state index contributed by atoms with van der Waals surface area (Å²) in [7, 11) is 0. The van der Waals surface area contributed by atoms with Crippen LogP contribution in [0.3, 0.4) is 0 Å². The van der Waals surface area contributed by atoms with Gasteiger partial charge in [0, 0.05) is 15.6 Å². The minimum absolute atomic E-state index is 0.130. The molecule has 4 rings (SSSR count). The molecule has 0 N–H and O–H groups in total. The lowest BCUT2D eigenvalue weighted by molar-refractivity contribution is -0.162. The number of esters is 1. The van der Waals surface area contributed by atoms with Crippen molar-refractivity contribution in [2.24, 2.45) is 5.41 Å². The Morgan fingerprint density at radius 2 is 1.72 bits per heavy atom. The highest BCUT2D eigenvalue weighted by Crippen LogP contribution is 2.42. The predicted molar refractivity (Wildman–Crippen MR) is 162 cm³/mol. The van der Waals surface area contributed by atoms with Crippen molar-refractivity contribution in [3.8, 4) is 16.3 Å². The minimum Gasteiger partial charge on any atom is -0.489 e. The molecule has 206 valence electrons. The third-order valence-corrected chi connectivity index (χ3v) is 8.22. The molecule has 0 saturated heterocycles. The van der Waals surface area contributed by atoms with Crippen LogP contribution in [-0.2, 0) is 20.9 Å². The maximum absolute atomic E-state index is 12.6. The Morgan fingerprint density at radius 1 is 1.00 bits per heavy atom. The van der Waals surface area contributed by atoms with Crippen molar-refractivity contribution in [3.63, 3.8) is 0 Å². The second kappa shape index (κ2) is 11.8. The molecule has 0 fully saturated rings. The van der Waals surface area contributed by atoms with Gasteiger partial charge in [-0.05, 0) is 93.7 Å². The van der Waals surface area contributed by atoms with Crippen molar-refractivity contribution in [1.29, 1.82) is 0 Å². The number of hydrogen-bond acceptors (Lipinski definition) is 6. The van der Waals surface area contributed by atoms with Crippen LogP contribution >= 0.6 is 27.3 Å². The summed E-state index contributed by atoms with van der Waals surface area (Å²) in [5.74, 6) is 0.542. The number of hydrogen-bond donors (Lipinski definition) is 0. The third-order valence-electron chi connectivity index (χ3n) is 5.99. The molecule has 7 heteroatoms. The first-order chi connectivity index (χ1) is 18.3. The number of rotatable bonds is 8. The number of fused-ring (bicyclic) bond motifs is 1. The van der Waals surface area contributed by atoms with Gasteiger partial charge in [-0.1, -0.05) is 42.5 Å². The Hall–Kier alpha value is -2.74. The highest BCUT2D eigenvalue weighted by Gasteiger charge is 2.30. The number of halogens is 1. The summed E-state index contributed by atoms with van der Waals surface area (Å²) in [6, 6.07) is 20.2. The fourth-order valence-corrected chi connectivity index (χ4v) is 6.12. The first kappa shape index (κ1) is 29.2. The molecule has 0 aliphatic heterocycles. The van der Waals surface area contributed by atoms with E-state index in [0.717, 1.165) is 47.7 Å². The number of thiazole rings is 1. The zero-order chi connectivity index (χ0) is 28.4. The van der Waals surface area contributed by atoms with Crippen LogP contribution in [0.2, 0.25) is 0 Å². The molecule has 39 heavy (non-hydrogen) atoms. The van der Waals surface area contributed by atoms with Gasteiger partial charge in [0.15, 0.2) is 0 Å². The van der Waals surface area contributed by atoms with Crippen LogP contribution in [-0.4, -0.2) is 23.2 Å². The van der Waals surface area contributed by atoms with Gasteiger partial charge in [-0.2, -0.15) is 0 Å². The van der Waals surface area contributed by atoms with Crippen molar-refractivity contribution in [2.75, 3.05) is 6.61 Å². The molecule has 1 unspecified atom stereocenters. The predicted octanol–water partition coefficient (Wildman–Crippen LogP) is 9.06. The number of aromatic nitrogens is 1. The van der Waals surface area contributed by atoms with Gasteiger partial charge in [0.05, 0.1) is 21.2 Å². The molecular weight excluding hydrogens is 574 g/mol. The van der Waals surface area contributed by atoms with Crippen molar-refractivity contribution < 1.29 is 19.0 Å². The van der Waals surface area contributed by atoms with Gasteiger partial charge in [-0.3, -0.25) is 4.79 Å². The molecular formula is C32H36BrNO4S. The lowest BCUT2D eigenvalue weighted by Gasteiger charge is -2.30. The molecule has 4 aromatic rings. The Labute approximate surface area is 243 Å². The summed E-state index contributed by atoms with van der Waals surface area (Å²) in [5.41, 5.74) is 3.98. The van der Waals surface area contributed by atoms with E-state index in [-0.39, 0.29) is 12.6 Å². The third kappa shape index (κ3) is 7.47. The van der Waals surface area contributed by atoms with Crippen LogP contribution < -0.4 is 4.74 Å². The standard InChI is InChI=1S/C32H36BrNO4S/c1-20-16-24-28(27(33)26(20)25(38-32(5,6)7)19-37-30(35)31(2,3)4)39-29(34-24)22-14-11-15-23(17-22)36-18-21-12-9-8-10-13-21/h8-17,25H,18-19H2,1-7H3. The van der Waals surface area contributed by atoms with Crippen molar-refractivity contribution in [3.05, 3.63) is 81.8 Å². The second-order valence-electron chi connectivity index (χ2n) is 11.7. The SMILES string of the molecule is Cc1cc2nc(-c3cccc(OCc4ccccc4)c3)sc2c(Br)c1C(COC(=O)C(C)(C)C)OC(C)(C)C. The highest BCUT2D eigenvalue weighted by molar-refractivity contribution is 9.10. The van der Waals surface area contributed by atoms with E-state index < -0.39 is 17.1 Å². The fourth-order valence-electron chi connectivity index (χ4n) is 4.11. The van der Waals surface area contributed by atoms with Gasteiger partial charge in [-0.25, -0.2) is 4.98 Å². The second-order valence-corrected chi connectivity index (χ2v) is 13.4. The van der Waals surface area contributed by atoms with Crippen LogP contribution in [0.25, 0.3) is 20.8 Å². The molecule has 0 aliphatic rings. The quantitative estimate of drug-likeness (QED) is 0.186. The first-order valence-corrected chi connectivity index (χ1v) is 14.6. The maximum Gasteiger partial charge on any atom is 0.311 e. The summed E-state index contributed by atoms with van der Waals surface area (Å²) in [4.78, 5) is 17.5. The van der Waals surface area contributed by atoms with Crippen molar-refractivity contribution in [2.45, 2.75) is 66.8 Å². The van der Waals surface area contributed by atoms with Gasteiger partial charge in [-0.15, -0.1) is 11.3 Å². The lowest BCUT2D eigenvalue weighted by atomic mass is 9.97. The Kier molecular flexibility index (Phi) is 8.84. The van der Waals surface area contributed by atoms with E-state index in [1.165, 1.54) is 0 Å². The van der Waals surface area contributed by atoms with Crippen LogP contribution in [0, 0.1) is 12.3 Å². The van der Waals surface area contributed by atoms with E-state index in [2.05, 4.69) is 34.1 Å². The number of benzene rings is 3. The van der Waals surface area contributed by atoms with E-state index in [1.54, 1.807) is 11.3 Å². The number of ether oxygens (including phenoxy) is 3. The summed E-state index contributed by atoms with van der Waals surface area (Å²) < 4.78 is 20.1. The zero-order valence-electron chi connectivity index (χ0n) is 23.6.